The van der Waals surface area contributed by atoms with Gasteiger partial charge in [-0.3, -0.25) is 4.79 Å². The molecule has 1 unspecified atom stereocenters. The van der Waals surface area contributed by atoms with Gasteiger partial charge in [-0.25, -0.2) is 9.59 Å². The summed E-state index contributed by atoms with van der Waals surface area (Å²) in [4.78, 5) is 39.0. The lowest BCUT2D eigenvalue weighted by molar-refractivity contribution is -0.138. The second-order valence-corrected chi connectivity index (χ2v) is 6.31. The maximum atomic E-state index is 12.0. The Hall–Kier alpha value is -3.09. The maximum Gasteiger partial charge on any atom is 0.341 e. The Bertz CT molecular complexity index is 901. The summed E-state index contributed by atoms with van der Waals surface area (Å²) in [5.74, 6) is -2.08. The van der Waals surface area contributed by atoms with Crippen LogP contribution >= 0.6 is 0 Å². The van der Waals surface area contributed by atoms with Crippen LogP contribution in [0, 0.1) is 0 Å². The lowest BCUT2D eigenvalue weighted by Crippen LogP contribution is -2.35. The Labute approximate surface area is 149 Å². The van der Waals surface area contributed by atoms with Crippen molar-refractivity contribution in [1.82, 2.24) is 4.98 Å². The maximum absolute atomic E-state index is 12.0. The first-order valence-electron chi connectivity index (χ1n) is 8.51. The highest BCUT2D eigenvalue weighted by Gasteiger charge is 2.30. The number of nitrogens with zero attached hydrogens (tertiary/aromatic N) is 1. The van der Waals surface area contributed by atoms with Gasteiger partial charge < -0.3 is 20.1 Å². The van der Waals surface area contributed by atoms with Gasteiger partial charge in [-0.15, -0.1) is 0 Å². The van der Waals surface area contributed by atoms with Crippen LogP contribution in [-0.4, -0.2) is 39.7 Å². The van der Waals surface area contributed by atoms with Gasteiger partial charge in [-0.2, -0.15) is 0 Å². The van der Waals surface area contributed by atoms with Gasteiger partial charge in [0.2, 0.25) is 0 Å². The van der Waals surface area contributed by atoms with E-state index in [1.165, 1.54) is 6.07 Å². The van der Waals surface area contributed by atoms with Crippen LogP contribution in [0.5, 0.6) is 0 Å². The minimum Gasteiger partial charge on any atom is -0.480 e. The number of aromatic amines is 1. The van der Waals surface area contributed by atoms with E-state index in [1.54, 1.807) is 0 Å². The number of pyridine rings is 1. The number of anilines is 1. The van der Waals surface area contributed by atoms with E-state index < -0.39 is 23.5 Å². The van der Waals surface area contributed by atoms with Crippen LogP contribution in [0.15, 0.2) is 35.1 Å². The van der Waals surface area contributed by atoms with Crippen molar-refractivity contribution in [2.24, 2.45) is 0 Å². The van der Waals surface area contributed by atoms with E-state index in [9.17, 15) is 19.5 Å². The number of nitrogens with one attached hydrogen (secondary N) is 1. The number of carboxylic acid groups (broad SMARTS) is 2. The number of aliphatic carboxylic acids is 1. The van der Waals surface area contributed by atoms with E-state index in [-0.39, 0.29) is 5.56 Å². The molecule has 3 N–H and O–H groups in total. The van der Waals surface area contributed by atoms with Crippen LogP contribution in [0.1, 0.15) is 35.7 Å². The molecule has 0 bridgehead atoms. The molecule has 0 radical (unpaired) electrons. The van der Waals surface area contributed by atoms with Gasteiger partial charge in [0, 0.05) is 12.2 Å². The van der Waals surface area contributed by atoms with Gasteiger partial charge in [0.25, 0.3) is 5.56 Å². The number of carbonyl (C=O) groups is 2. The molecule has 0 saturated carbocycles. The second kappa shape index (κ2) is 7.03. The van der Waals surface area contributed by atoms with Crippen molar-refractivity contribution in [3.05, 3.63) is 51.8 Å². The molecule has 3 rings (SSSR count). The van der Waals surface area contributed by atoms with Crippen molar-refractivity contribution >= 4 is 17.6 Å². The third-order valence-corrected chi connectivity index (χ3v) is 4.76. The van der Waals surface area contributed by atoms with Crippen molar-refractivity contribution in [3.8, 4) is 11.3 Å². The standard InChI is InChI=1S/C19H20N2O5/c1-2-11-10-14(18(23)24)17(22)20-16(11)12-5-7-13(8-6-12)21-9-3-4-15(21)19(25)26/h5-8,10,15H,2-4,9H2,1H3,(H,20,22)(H,23,24)(H,25,26). The number of benzene rings is 1. The van der Waals surface area contributed by atoms with Crippen LogP contribution in [0.3, 0.4) is 0 Å². The fourth-order valence-corrected chi connectivity index (χ4v) is 3.42. The first kappa shape index (κ1) is 17.7. The molecule has 7 nitrogen and oxygen atoms in total. The number of H-pyrrole nitrogens is 1. The van der Waals surface area contributed by atoms with Gasteiger partial charge in [0.05, 0.1) is 5.69 Å². The fraction of sp³-hybridized carbons (Fsp3) is 0.316. The summed E-state index contributed by atoms with van der Waals surface area (Å²) in [6.07, 6.45) is 2.03. The number of rotatable bonds is 5. The quantitative estimate of drug-likeness (QED) is 0.758. The zero-order valence-corrected chi connectivity index (χ0v) is 14.4. The molecule has 1 aromatic carbocycles. The molecule has 2 heterocycles. The molecule has 0 spiro atoms. The fourth-order valence-electron chi connectivity index (χ4n) is 3.42. The summed E-state index contributed by atoms with van der Waals surface area (Å²) in [5.41, 5.74) is 1.99. The third kappa shape index (κ3) is 3.20. The highest BCUT2D eigenvalue weighted by atomic mass is 16.4. The highest BCUT2D eigenvalue weighted by molar-refractivity contribution is 5.88. The Morgan fingerprint density at radius 1 is 1.23 bits per heavy atom. The SMILES string of the molecule is CCc1cc(C(=O)O)c(=O)[nH]c1-c1ccc(N2CCCC2C(=O)O)cc1. The molecule has 1 aliphatic rings. The van der Waals surface area contributed by atoms with E-state index in [4.69, 9.17) is 5.11 Å². The molecule has 136 valence electrons. The van der Waals surface area contributed by atoms with Crippen LogP contribution in [-0.2, 0) is 11.2 Å². The number of hydrogen-bond donors (Lipinski definition) is 3. The lowest BCUT2D eigenvalue weighted by atomic mass is 10.0. The average Bonchev–Trinajstić information content (AvgIpc) is 3.11. The second-order valence-electron chi connectivity index (χ2n) is 6.31. The Balaban J connectivity index is 1.96. The molecule has 2 aromatic rings. The smallest absolute Gasteiger partial charge is 0.341 e. The summed E-state index contributed by atoms with van der Waals surface area (Å²) in [5, 5.41) is 18.4. The molecule has 0 amide bonds. The minimum absolute atomic E-state index is 0.274. The number of aromatic carboxylic acids is 1. The first-order chi connectivity index (χ1) is 12.4. The molecule has 26 heavy (non-hydrogen) atoms. The highest BCUT2D eigenvalue weighted by Crippen LogP contribution is 2.29. The molecule has 1 aromatic heterocycles. The summed E-state index contributed by atoms with van der Waals surface area (Å²) >= 11 is 0. The van der Waals surface area contributed by atoms with E-state index in [0.29, 0.717) is 25.1 Å². The van der Waals surface area contributed by atoms with Gasteiger partial charge in [-0.1, -0.05) is 19.1 Å². The van der Waals surface area contributed by atoms with Gasteiger partial charge in [0.1, 0.15) is 11.6 Å². The first-order valence-corrected chi connectivity index (χ1v) is 8.51. The number of carboxylic acids is 2. The molecule has 1 fully saturated rings. The van der Waals surface area contributed by atoms with E-state index in [2.05, 4.69) is 4.98 Å². The Morgan fingerprint density at radius 2 is 1.92 bits per heavy atom. The average molecular weight is 356 g/mol. The van der Waals surface area contributed by atoms with Crippen molar-refractivity contribution < 1.29 is 19.8 Å². The molecule has 7 heteroatoms. The Morgan fingerprint density at radius 3 is 2.50 bits per heavy atom. The summed E-state index contributed by atoms with van der Waals surface area (Å²) in [7, 11) is 0. The molecular formula is C19H20N2O5. The van der Waals surface area contributed by atoms with E-state index >= 15 is 0 Å². The van der Waals surface area contributed by atoms with Gasteiger partial charge >= 0.3 is 11.9 Å². The van der Waals surface area contributed by atoms with Crippen molar-refractivity contribution in [1.29, 1.82) is 0 Å². The predicted molar refractivity (Wildman–Crippen MR) is 96.8 cm³/mol. The largest absolute Gasteiger partial charge is 0.480 e. The molecule has 0 aliphatic carbocycles. The lowest BCUT2D eigenvalue weighted by Gasteiger charge is -2.24. The van der Waals surface area contributed by atoms with Gasteiger partial charge in [0.15, 0.2) is 0 Å². The number of aromatic nitrogens is 1. The van der Waals surface area contributed by atoms with Crippen molar-refractivity contribution in [2.45, 2.75) is 32.2 Å². The minimum atomic E-state index is -1.25. The number of hydrogen-bond acceptors (Lipinski definition) is 4. The summed E-state index contributed by atoms with van der Waals surface area (Å²) in [6, 6.07) is 8.20. The topological polar surface area (TPSA) is 111 Å². The third-order valence-electron chi connectivity index (χ3n) is 4.76. The van der Waals surface area contributed by atoms with Crippen molar-refractivity contribution in [2.75, 3.05) is 11.4 Å². The van der Waals surface area contributed by atoms with Gasteiger partial charge in [-0.05, 0) is 48.6 Å². The predicted octanol–water partition coefficient (Wildman–Crippen LogP) is 2.36. The molecular weight excluding hydrogens is 336 g/mol. The van der Waals surface area contributed by atoms with E-state index in [0.717, 1.165) is 23.2 Å². The molecule has 1 saturated heterocycles. The summed E-state index contributed by atoms with van der Waals surface area (Å²) in [6.45, 7) is 2.58. The van der Waals surface area contributed by atoms with E-state index in [1.807, 2.05) is 36.1 Å². The van der Waals surface area contributed by atoms with Crippen LogP contribution in [0.2, 0.25) is 0 Å². The van der Waals surface area contributed by atoms with Crippen LogP contribution < -0.4 is 10.5 Å². The summed E-state index contributed by atoms with van der Waals surface area (Å²) < 4.78 is 0. The molecule has 1 atom stereocenters. The van der Waals surface area contributed by atoms with Crippen LogP contribution in [0.25, 0.3) is 11.3 Å². The number of aryl methyl sites for hydroxylation is 1. The molecule has 1 aliphatic heterocycles. The van der Waals surface area contributed by atoms with Crippen LogP contribution in [0.4, 0.5) is 5.69 Å². The normalized spacial score (nSPS) is 16.7. The van der Waals surface area contributed by atoms with Crippen molar-refractivity contribution in [3.63, 3.8) is 0 Å². The zero-order chi connectivity index (χ0) is 18.8. The monoisotopic (exact) mass is 356 g/mol. The Kier molecular flexibility index (Phi) is 4.79. The zero-order valence-electron chi connectivity index (χ0n) is 14.4.